The molecule has 6 heteroatoms. The number of nitrogens with one attached hydrogen (secondary N) is 2. The molecule has 0 spiro atoms. The van der Waals surface area contributed by atoms with Crippen LogP contribution in [0.15, 0.2) is 48.5 Å². The van der Waals surface area contributed by atoms with Gasteiger partial charge in [0.25, 0.3) is 5.91 Å². The minimum Gasteiger partial charge on any atom is -0.454 e. The average Bonchev–Trinajstić information content (AvgIpc) is 3.36. The van der Waals surface area contributed by atoms with E-state index < -0.39 is 0 Å². The second-order valence-electron chi connectivity index (χ2n) is 7.30. The Balaban J connectivity index is 1.73. The van der Waals surface area contributed by atoms with E-state index in [0.29, 0.717) is 22.9 Å². The number of hydrogen-bond acceptors (Lipinski definition) is 4. The summed E-state index contributed by atoms with van der Waals surface area (Å²) >= 11 is 0. The van der Waals surface area contributed by atoms with Crippen LogP contribution in [0.5, 0.6) is 11.5 Å². The quantitative estimate of drug-likeness (QED) is 0.535. The van der Waals surface area contributed by atoms with Gasteiger partial charge < -0.3 is 19.8 Å². The van der Waals surface area contributed by atoms with Crippen molar-refractivity contribution >= 4 is 27.7 Å². The van der Waals surface area contributed by atoms with E-state index in [1.165, 1.54) is 0 Å². The van der Waals surface area contributed by atoms with Gasteiger partial charge in [0.05, 0.1) is 11.2 Å². The molecule has 0 saturated heterocycles. The Kier molecular flexibility index (Phi) is 4.12. The maximum atomic E-state index is 12.9. The molecule has 2 N–H and O–H groups in total. The van der Waals surface area contributed by atoms with Crippen molar-refractivity contribution in [2.45, 2.75) is 26.3 Å². The molecule has 2 aromatic heterocycles. The van der Waals surface area contributed by atoms with Crippen molar-refractivity contribution in [2.75, 3.05) is 6.79 Å². The summed E-state index contributed by atoms with van der Waals surface area (Å²) in [6.07, 6.45) is 0.857. The maximum absolute atomic E-state index is 12.9. The van der Waals surface area contributed by atoms with Crippen molar-refractivity contribution < 1.29 is 14.3 Å². The van der Waals surface area contributed by atoms with Crippen LogP contribution in [0.3, 0.4) is 0 Å². The number of fused-ring (bicyclic) bond motifs is 4. The topological polar surface area (TPSA) is 76.2 Å². The average molecular weight is 387 g/mol. The number of ether oxygens (including phenoxy) is 2. The van der Waals surface area contributed by atoms with Gasteiger partial charge in [0.2, 0.25) is 6.79 Å². The third-order valence-electron chi connectivity index (χ3n) is 5.36. The number of carbonyl (C=O) groups excluding carboxylic acids is 1. The van der Waals surface area contributed by atoms with Crippen LogP contribution in [0.2, 0.25) is 0 Å². The van der Waals surface area contributed by atoms with Gasteiger partial charge >= 0.3 is 0 Å². The lowest BCUT2D eigenvalue weighted by molar-refractivity contribution is 0.0934. The fraction of sp³-hybridized carbons (Fsp3) is 0.217. The summed E-state index contributed by atoms with van der Waals surface area (Å²) < 4.78 is 11.0. The maximum Gasteiger partial charge on any atom is 0.270 e. The zero-order valence-corrected chi connectivity index (χ0v) is 16.3. The largest absolute Gasteiger partial charge is 0.454 e. The molecule has 4 aromatic rings. The first kappa shape index (κ1) is 17.6. The van der Waals surface area contributed by atoms with Crippen LogP contribution in [-0.4, -0.2) is 28.7 Å². The van der Waals surface area contributed by atoms with E-state index in [0.717, 1.165) is 33.8 Å². The third kappa shape index (κ3) is 2.97. The van der Waals surface area contributed by atoms with E-state index in [-0.39, 0.29) is 18.7 Å². The molecule has 1 aliphatic heterocycles. The van der Waals surface area contributed by atoms with Gasteiger partial charge in [0, 0.05) is 27.9 Å². The van der Waals surface area contributed by atoms with E-state index in [9.17, 15) is 4.79 Å². The number of carbonyl (C=O) groups is 1. The van der Waals surface area contributed by atoms with Crippen molar-refractivity contribution in [3.63, 3.8) is 0 Å². The Bertz CT molecular complexity index is 1250. The van der Waals surface area contributed by atoms with Crippen molar-refractivity contribution in [1.82, 2.24) is 15.3 Å². The Labute approximate surface area is 167 Å². The number of nitrogens with zero attached hydrogens (tertiary/aromatic N) is 1. The Morgan fingerprint density at radius 1 is 1.14 bits per heavy atom. The Morgan fingerprint density at radius 2 is 1.97 bits per heavy atom. The standard InChI is InChI=1S/C23H21N3O3/c1-3-13(2)24-23(27)18-11-16-15-6-4-5-7-17(15)25-22(16)21(26-18)14-8-9-19-20(10-14)29-12-28-19/h4-11,13,25H,3,12H2,1-2H3,(H,24,27)/t13-/m1/s1. The number of para-hydroxylation sites is 1. The SMILES string of the molecule is CC[C@@H](C)NC(=O)c1cc2c([nH]c3ccccc32)c(-c2ccc3c(c2)OCO3)n1. The molecule has 0 bridgehead atoms. The second kappa shape index (κ2) is 6.81. The molecule has 1 atom stereocenters. The van der Waals surface area contributed by atoms with Crippen molar-refractivity contribution in [2.24, 2.45) is 0 Å². The highest BCUT2D eigenvalue weighted by molar-refractivity contribution is 6.13. The monoisotopic (exact) mass is 387 g/mol. The number of aromatic amines is 1. The third-order valence-corrected chi connectivity index (χ3v) is 5.36. The van der Waals surface area contributed by atoms with Crippen molar-refractivity contribution in [3.8, 4) is 22.8 Å². The van der Waals surface area contributed by atoms with E-state index >= 15 is 0 Å². The lowest BCUT2D eigenvalue weighted by atomic mass is 10.1. The lowest BCUT2D eigenvalue weighted by Crippen LogP contribution is -2.32. The number of aromatic nitrogens is 2. The number of benzene rings is 2. The molecule has 0 radical (unpaired) electrons. The fourth-order valence-electron chi connectivity index (χ4n) is 3.61. The molecule has 6 nitrogen and oxygen atoms in total. The van der Waals surface area contributed by atoms with Crippen LogP contribution in [0.1, 0.15) is 30.8 Å². The van der Waals surface area contributed by atoms with Gasteiger partial charge in [-0.15, -0.1) is 0 Å². The highest BCUT2D eigenvalue weighted by Crippen LogP contribution is 2.38. The second-order valence-corrected chi connectivity index (χ2v) is 7.30. The van der Waals surface area contributed by atoms with Crippen molar-refractivity contribution in [3.05, 3.63) is 54.2 Å². The molecular formula is C23H21N3O3. The summed E-state index contributed by atoms with van der Waals surface area (Å²) in [5.41, 5.74) is 3.88. The molecule has 0 aliphatic carbocycles. The smallest absolute Gasteiger partial charge is 0.270 e. The van der Waals surface area contributed by atoms with Crippen LogP contribution < -0.4 is 14.8 Å². The molecule has 5 rings (SSSR count). The minimum atomic E-state index is -0.173. The van der Waals surface area contributed by atoms with Crippen LogP contribution >= 0.6 is 0 Å². The summed E-state index contributed by atoms with van der Waals surface area (Å²) in [5.74, 6) is 1.23. The highest BCUT2D eigenvalue weighted by atomic mass is 16.7. The highest BCUT2D eigenvalue weighted by Gasteiger charge is 2.20. The van der Waals surface area contributed by atoms with E-state index in [1.54, 1.807) is 0 Å². The summed E-state index contributed by atoms with van der Waals surface area (Å²) in [6, 6.07) is 15.7. The molecule has 29 heavy (non-hydrogen) atoms. The lowest BCUT2D eigenvalue weighted by Gasteiger charge is -2.12. The van der Waals surface area contributed by atoms with E-state index in [4.69, 9.17) is 14.5 Å². The molecule has 0 unspecified atom stereocenters. The summed E-state index contributed by atoms with van der Waals surface area (Å²) in [5, 5.41) is 5.04. The first-order chi connectivity index (χ1) is 14.1. The molecule has 2 aromatic carbocycles. The number of rotatable bonds is 4. The summed E-state index contributed by atoms with van der Waals surface area (Å²) in [6.45, 7) is 4.24. The molecule has 0 fully saturated rings. The van der Waals surface area contributed by atoms with Crippen LogP contribution in [0.4, 0.5) is 0 Å². The number of H-pyrrole nitrogens is 1. The number of hydrogen-bond donors (Lipinski definition) is 2. The Morgan fingerprint density at radius 3 is 2.83 bits per heavy atom. The van der Waals surface area contributed by atoms with Crippen LogP contribution in [0.25, 0.3) is 33.1 Å². The number of pyridine rings is 1. The van der Waals surface area contributed by atoms with Gasteiger partial charge in [-0.05, 0) is 43.7 Å². The van der Waals surface area contributed by atoms with Gasteiger partial charge in [-0.3, -0.25) is 4.79 Å². The molecule has 1 aliphatic rings. The first-order valence-electron chi connectivity index (χ1n) is 9.76. The van der Waals surface area contributed by atoms with E-state index in [2.05, 4.69) is 10.3 Å². The van der Waals surface area contributed by atoms with Gasteiger partial charge in [-0.25, -0.2) is 4.98 Å². The molecule has 0 saturated carbocycles. The van der Waals surface area contributed by atoms with Gasteiger partial charge in [-0.1, -0.05) is 25.1 Å². The zero-order valence-electron chi connectivity index (χ0n) is 16.3. The fourth-order valence-corrected chi connectivity index (χ4v) is 3.61. The van der Waals surface area contributed by atoms with Gasteiger partial charge in [-0.2, -0.15) is 0 Å². The predicted octanol–water partition coefficient (Wildman–Crippen LogP) is 4.64. The zero-order chi connectivity index (χ0) is 20.0. The number of amides is 1. The van der Waals surface area contributed by atoms with Crippen LogP contribution in [0, 0.1) is 0 Å². The molecule has 1 amide bonds. The predicted molar refractivity (Wildman–Crippen MR) is 112 cm³/mol. The minimum absolute atomic E-state index is 0.0805. The molecule has 3 heterocycles. The normalized spacial score (nSPS) is 13.7. The Hall–Kier alpha value is -3.54. The summed E-state index contributed by atoms with van der Waals surface area (Å²) in [7, 11) is 0. The molecule has 146 valence electrons. The molecular weight excluding hydrogens is 366 g/mol. The first-order valence-corrected chi connectivity index (χ1v) is 9.76. The van der Waals surface area contributed by atoms with Crippen molar-refractivity contribution in [1.29, 1.82) is 0 Å². The van der Waals surface area contributed by atoms with E-state index in [1.807, 2.05) is 62.4 Å². The van der Waals surface area contributed by atoms with Gasteiger partial charge in [0.1, 0.15) is 5.69 Å². The summed E-state index contributed by atoms with van der Waals surface area (Å²) in [4.78, 5) is 21.1. The van der Waals surface area contributed by atoms with Gasteiger partial charge in [0.15, 0.2) is 11.5 Å². The van der Waals surface area contributed by atoms with Crippen LogP contribution in [-0.2, 0) is 0 Å².